The average molecular weight is 373 g/mol. The summed E-state index contributed by atoms with van der Waals surface area (Å²) in [6.07, 6.45) is 4.76. The van der Waals surface area contributed by atoms with E-state index in [4.69, 9.17) is 22.1 Å². The molecule has 0 unspecified atom stereocenters. The van der Waals surface area contributed by atoms with Gasteiger partial charge >= 0.3 is 0 Å². The molecule has 2 N–H and O–H groups in total. The normalized spacial score (nSPS) is 22.9. The summed E-state index contributed by atoms with van der Waals surface area (Å²) in [5.74, 6) is 0.817. The molecular weight excluding hydrogens is 347 g/mol. The molecule has 6 heteroatoms. The second kappa shape index (κ2) is 9.04. The lowest BCUT2D eigenvalue weighted by Gasteiger charge is -2.26. The number of hydrogen-bond donors (Lipinski definition) is 1. The molecule has 1 aromatic carbocycles. The zero-order chi connectivity index (χ0) is 16.2. The zero-order valence-corrected chi connectivity index (χ0v) is 15.4. The van der Waals surface area contributed by atoms with Crippen LogP contribution in [0.5, 0.6) is 0 Å². The van der Waals surface area contributed by atoms with E-state index in [1.165, 1.54) is 18.4 Å². The van der Waals surface area contributed by atoms with Gasteiger partial charge in [-0.05, 0) is 55.7 Å². The maximum absolute atomic E-state index is 12.8. The Hall–Kier alpha value is -0.810. The van der Waals surface area contributed by atoms with Gasteiger partial charge < -0.3 is 15.4 Å². The summed E-state index contributed by atoms with van der Waals surface area (Å²) in [5.41, 5.74) is 6.85. The fourth-order valence-electron chi connectivity index (χ4n) is 3.08. The van der Waals surface area contributed by atoms with Crippen LogP contribution in [0.3, 0.4) is 0 Å². The van der Waals surface area contributed by atoms with Crippen molar-refractivity contribution in [2.45, 2.75) is 44.3 Å². The highest BCUT2D eigenvalue weighted by atomic mass is 35.5. The predicted octanol–water partition coefficient (Wildman–Crippen LogP) is 3.05. The third-order valence-corrected chi connectivity index (χ3v) is 4.97. The number of carbonyl (C=O) groups is 1. The van der Waals surface area contributed by atoms with E-state index in [1.54, 1.807) is 0 Å². The van der Waals surface area contributed by atoms with Gasteiger partial charge in [-0.15, -0.1) is 12.4 Å². The molecule has 24 heavy (non-hydrogen) atoms. The maximum atomic E-state index is 12.8. The number of benzene rings is 1. The van der Waals surface area contributed by atoms with E-state index in [9.17, 15) is 4.79 Å². The van der Waals surface area contributed by atoms with Crippen LogP contribution < -0.4 is 5.73 Å². The standard InChI is InChI=1S/C18H25ClN2O2.ClH/c19-15-5-3-13(4-6-15)9-10-21(12-14-1-2-14)18(22)17-8-7-16(11-20)23-17;/h3-6,14,16-17H,1-2,7-12,20H2;1H/t16-,17+;/m1./s1. The fourth-order valence-corrected chi connectivity index (χ4v) is 3.21. The van der Waals surface area contributed by atoms with E-state index in [1.807, 2.05) is 29.2 Å². The second-order valence-corrected chi connectivity index (χ2v) is 7.10. The summed E-state index contributed by atoms with van der Waals surface area (Å²) in [7, 11) is 0. The molecule has 1 aromatic rings. The summed E-state index contributed by atoms with van der Waals surface area (Å²) < 4.78 is 5.79. The van der Waals surface area contributed by atoms with E-state index in [0.717, 1.165) is 37.4 Å². The molecule has 1 saturated carbocycles. The van der Waals surface area contributed by atoms with E-state index >= 15 is 0 Å². The summed E-state index contributed by atoms with van der Waals surface area (Å²) in [4.78, 5) is 14.8. The number of carbonyl (C=O) groups excluding carboxylic acids is 1. The molecule has 0 spiro atoms. The first-order valence-corrected chi connectivity index (χ1v) is 8.92. The Labute approximate surface area is 155 Å². The molecule has 1 aliphatic heterocycles. The van der Waals surface area contributed by atoms with Gasteiger partial charge in [0.2, 0.25) is 0 Å². The summed E-state index contributed by atoms with van der Waals surface area (Å²) >= 11 is 5.92. The van der Waals surface area contributed by atoms with Crippen LogP contribution in [0.2, 0.25) is 5.02 Å². The molecule has 0 radical (unpaired) electrons. The third-order valence-electron chi connectivity index (χ3n) is 4.72. The Morgan fingerprint density at radius 1 is 1.21 bits per heavy atom. The van der Waals surface area contributed by atoms with Gasteiger partial charge in [-0.25, -0.2) is 0 Å². The van der Waals surface area contributed by atoms with Gasteiger partial charge in [0.05, 0.1) is 6.10 Å². The first-order chi connectivity index (χ1) is 11.2. The predicted molar refractivity (Wildman–Crippen MR) is 98.7 cm³/mol. The minimum Gasteiger partial charge on any atom is -0.364 e. The molecule has 134 valence electrons. The van der Waals surface area contributed by atoms with Crippen molar-refractivity contribution < 1.29 is 9.53 Å². The number of nitrogens with zero attached hydrogens (tertiary/aromatic N) is 1. The molecular formula is C18H26Cl2N2O2. The van der Waals surface area contributed by atoms with Gasteiger partial charge in [-0.2, -0.15) is 0 Å². The molecule has 1 saturated heterocycles. The molecule has 1 aliphatic carbocycles. The molecule has 1 heterocycles. The van der Waals surface area contributed by atoms with Crippen LogP contribution in [0, 0.1) is 5.92 Å². The lowest BCUT2D eigenvalue weighted by atomic mass is 10.1. The number of halogens is 2. The van der Waals surface area contributed by atoms with Gasteiger partial charge in [0, 0.05) is 24.7 Å². The molecule has 4 nitrogen and oxygen atoms in total. The summed E-state index contributed by atoms with van der Waals surface area (Å²) in [5, 5.41) is 0.742. The van der Waals surface area contributed by atoms with Crippen molar-refractivity contribution in [2.24, 2.45) is 11.7 Å². The minimum absolute atomic E-state index is 0. The molecule has 2 atom stereocenters. The SMILES string of the molecule is Cl.NC[C@H]1CC[C@@H](C(=O)N(CCc2ccc(Cl)cc2)CC2CC2)O1. The Bertz CT molecular complexity index is 534. The number of amides is 1. The van der Waals surface area contributed by atoms with E-state index in [-0.39, 0.29) is 30.5 Å². The summed E-state index contributed by atoms with van der Waals surface area (Å²) in [6.45, 7) is 2.10. The zero-order valence-electron chi connectivity index (χ0n) is 13.8. The smallest absolute Gasteiger partial charge is 0.251 e. The van der Waals surface area contributed by atoms with Crippen LogP contribution in [0.25, 0.3) is 0 Å². The minimum atomic E-state index is -0.299. The largest absolute Gasteiger partial charge is 0.364 e. The quantitative estimate of drug-likeness (QED) is 0.799. The van der Waals surface area contributed by atoms with Crippen molar-refractivity contribution in [2.75, 3.05) is 19.6 Å². The molecule has 2 fully saturated rings. The lowest BCUT2D eigenvalue weighted by molar-refractivity contribution is -0.143. The highest BCUT2D eigenvalue weighted by Crippen LogP contribution is 2.31. The van der Waals surface area contributed by atoms with Crippen LogP contribution in [0.4, 0.5) is 0 Å². The van der Waals surface area contributed by atoms with Gasteiger partial charge in [0.1, 0.15) is 6.10 Å². The molecule has 0 aromatic heterocycles. The highest BCUT2D eigenvalue weighted by molar-refractivity contribution is 6.30. The van der Waals surface area contributed by atoms with Crippen LogP contribution in [-0.4, -0.2) is 42.6 Å². The average Bonchev–Trinajstić information content (AvgIpc) is 3.25. The molecule has 3 rings (SSSR count). The first-order valence-electron chi connectivity index (χ1n) is 8.54. The fraction of sp³-hybridized carbons (Fsp3) is 0.611. The molecule has 2 aliphatic rings. The van der Waals surface area contributed by atoms with Gasteiger partial charge in [0.15, 0.2) is 0 Å². The number of nitrogens with two attached hydrogens (primary N) is 1. The van der Waals surface area contributed by atoms with Gasteiger partial charge in [-0.3, -0.25) is 4.79 Å². The Balaban J connectivity index is 0.00000208. The van der Waals surface area contributed by atoms with Crippen molar-refractivity contribution in [3.8, 4) is 0 Å². The molecule has 0 bridgehead atoms. The van der Waals surface area contributed by atoms with Crippen molar-refractivity contribution in [1.82, 2.24) is 4.90 Å². The van der Waals surface area contributed by atoms with E-state index in [0.29, 0.717) is 12.5 Å². The van der Waals surface area contributed by atoms with E-state index < -0.39 is 0 Å². The number of ether oxygens (including phenoxy) is 1. The van der Waals surface area contributed by atoms with Crippen molar-refractivity contribution >= 4 is 29.9 Å². The van der Waals surface area contributed by atoms with Gasteiger partial charge in [0.25, 0.3) is 5.91 Å². The lowest BCUT2D eigenvalue weighted by Crippen LogP contribution is -2.42. The molecule has 1 amide bonds. The monoisotopic (exact) mass is 372 g/mol. The van der Waals surface area contributed by atoms with Crippen LogP contribution >= 0.6 is 24.0 Å². The topological polar surface area (TPSA) is 55.6 Å². The van der Waals surface area contributed by atoms with Gasteiger partial charge in [-0.1, -0.05) is 23.7 Å². The third kappa shape index (κ3) is 5.35. The highest BCUT2D eigenvalue weighted by Gasteiger charge is 2.35. The van der Waals surface area contributed by atoms with Crippen molar-refractivity contribution in [1.29, 1.82) is 0 Å². The second-order valence-electron chi connectivity index (χ2n) is 6.66. The summed E-state index contributed by atoms with van der Waals surface area (Å²) in [6, 6.07) is 7.85. The first kappa shape index (κ1) is 19.5. The Kier molecular flexibility index (Phi) is 7.35. The van der Waals surface area contributed by atoms with Crippen molar-refractivity contribution in [3.05, 3.63) is 34.9 Å². The number of rotatable bonds is 7. The Morgan fingerprint density at radius 2 is 1.92 bits per heavy atom. The van der Waals surface area contributed by atoms with Crippen molar-refractivity contribution in [3.63, 3.8) is 0 Å². The van der Waals surface area contributed by atoms with E-state index in [2.05, 4.69) is 0 Å². The number of hydrogen-bond acceptors (Lipinski definition) is 3. The van der Waals surface area contributed by atoms with Crippen LogP contribution in [0.15, 0.2) is 24.3 Å². The van der Waals surface area contributed by atoms with Crippen LogP contribution in [-0.2, 0) is 16.0 Å². The maximum Gasteiger partial charge on any atom is 0.251 e. The Morgan fingerprint density at radius 3 is 2.50 bits per heavy atom. The van der Waals surface area contributed by atoms with Crippen LogP contribution in [0.1, 0.15) is 31.2 Å².